The minimum absolute atomic E-state index is 0.113. The van der Waals surface area contributed by atoms with Crippen molar-refractivity contribution in [2.45, 2.75) is 63.0 Å². The monoisotopic (exact) mass is 364 g/mol. The number of hydrogen-bond donors (Lipinski definition) is 1. The van der Waals surface area contributed by atoms with E-state index in [-0.39, 0.29) is 12.1 Å². The number of carbonyl (C=O) groups excluding carboxylic acids is 1. The van der Waals surface area contributed by atoms with E-state index in [0.29, 0.717) is 0 Å². The highest BCUT2D eigenvalue weighted by atomic mass is 32.2. The number of piperidine rings is 1. The Kier molecular flexibility index (Phi) is 8.10. The van der Waals surface area contributed by atoms with E-state index < -0.39 is 5.60 Å². The molecule has 1 atom stereocenters. The summed E-state index contributed by atoms with van der Waals surface area (Å²) in [5, 5.41) is 3.07. The van der Waals surface area contributed by atoms with Gasteiger partial charge in [0.05, 0.1) is 0 Å². The average Bonchev–Trinajstić information content (AvgIpc) is 2.57. The van der Waals surface area contributed by atoms with Gasteiger partial charge in [0.25, 0.3) is 0 Å². The van der Waals surface area contributed by atoms with Gasteiger partial charge < -0.3 is 15.0 Å². The fraction of sp³-hybridized carbons (Fsp3) is 0.650. The highest BCUT2D eigenvalue weighted by molar-refractivity contribution is 7.99. The third kappa shape index (κ3) is 8.63. The summed E-state index contributed by atoms with van der Waals surface area (Å²) in [6, 6.07) is 10.5. The standard InChI is InChI=1S/C20H32N2O2S/c1-20(2,3)24-19(23)21-17(12-15-22-13-8-5-9-14-22)16-25-18-10-6-4-7-11-18/h4,6-7,10-11,17H,5,8-9,12-16H2,1-3H3,(H,21,23)/t17-/m1/s1. The number of nitrogens with zero attached hydrogens (tertiary/aromatic N) is 1. The number of alkyl carbamates (subject to hydrolysis) is 1. The molecule has 4 nitrogen and oxygen atoms in total. The molecule has 1 aromatic rings. The zero-order valence-electron chi connectivity index (χ0n) is 15.8. The van der Waals surface area contributed by atoms with Crippen LogP contribution in [0.25, 0.3) is 0 Å². The Bertz CT molecular complexity index is 510. The molecular formula is C20H32N2O2S. The average molecular weight is 365 g/mol. The first-order chi connectivity index (χ1) is 11.9. The third-order valence-corrected chi connectivity index (χ3v) is 5.33. The molecule has 1 saturated heterocycles. The Morgan fingerprint density at radius 2 is 1.88 bits per heavy atom. The molecule has 0 aliphatic carbocycles. The summed E-state index contributed by atoms with van der Waals surface area (Å²) in [6.45, 7) is 9.10. The molecule has 1 aliphatic heterocycles. The van der Waals surface area contributed by atoms with Crippen molar-refractivity contribution < 1.29 is 9.53 Å². The van der Waals surface area contributed by atoms with Crippen molar-refractivity contribution in [3.8, 4) is 0 Å². The maximum atomic E-state index is 12.2. The van der Waals surface area contributed by atoms with E-state index in [1.54, 1.807) is 11.8 Å². The van der Waals surface area contributed by atoms with Crippen LogP contribution in [0.3, 0.4) is 0 Å². The second-order valence-electron chi connectivity index (χ2n) is 7.66. The lowest BCUT2D eigenvalue weighted by Gasteiger charge is -2.29. The summed E-state index contributed by atoms with van der Waals surface area (Å²) in [7, 11) is 0. The van der Waals surface area contributed by atoms with Crippen LogP contribution >= 0.6 is 11.8 Å². The summed E-state index contributed by atoms with van der Waals surface area (Å²) in [5.74, 6) is 0.858. The fourth-order valence-electron chi connectivity index (χ4n) is 2.91. The largest absolute Gasteiger partial charge is 0.444 e. The number of carbonyl (C=O) groups is 1. The van der Waals surface area contributed by atoms with Gasteiger partial charge in [0.1, 0.15) is 5.60 Å². The van der Waals surface area contributed by atoms with Crippen molar-refractivity contribution in [1.29, 1.82) is 0 Å². The lowest BCUT2D eigenvalue weighted by molar-refractivity contribution is 0.0504. The highest BCUT2D eigenvalue weighted by Crippen LogP contribution is 2.20. The molecule has 5 heteroatoms. The number of thioether (sulfide) groups is 1. The van der Waals surface area contributed by atoms with Crippen LogP contribution in [0.1, 0.15) is 46.5 Å². The Balaban J connectivity index is 1.86. The summed E-state index contributed by atoms with van der Waals surface area (Å²) in [5.41, 5.74) is -0.464. The molecule has 2 rings (SSSR count). The molecule has 0 aromatic heterocycles. The number of ether oxygens (including phenoxy) is 1. The zero-order chi connectivity index (χ0) is 18.1. The Labute approximate surface area is 156 Å². The van der Waals surface area contributed by atoms with Crippen molar-refractivity contribution >= 4 is 17.9 Å². The van der Waals surface area contributed by atoms with Crippen LogP contribution in [-0.4, -0.2) is 48.0 Å². The molecule has 140 valence electrons. The van der Waals surface area contributed by atoms with Crippen molar-refractivity contribution in [2.75, 3.05) is 25.4 Å². The molecule has 1 heterocycles. The molecule has 0 unspecified atom stereocenters. The van der Waals surface area contributed by atoms with E-state index in [4.69, 9.17) is 4.74 Å². The lowest BCUT2D eigenvalue weighted by Crippen LogP contribution is -2.42. The minimum Gasteiger partial charge on any atom is -0.444 e. The molecule has 1 aliphatic rings. The molecule has 0 saturated carbocycles. The van der Waals surface area contributed by atoms with E-state index >= 15 is 0 Å². The van der Waals surface area contributed by atoms with Gasteiger partial charge in [-0.2, -0.15) is 0 Å². The molecule has 25 heavy (non-hydrogen) atoms. The Hall–Kier alpha value is -1.20. The molecular weight excluding hydrogens is 332 g/mol. The van der Waals surface area contributed by atoms with E-state index in [1.165, 1.54) is 37.2 Å². The van der Waals surface area contributed by atoms with Gasteiger partial charge >= 0.3 is 6.09 Å². The first-order valence-corrected chi connectivity index (χ1v) is 10.3. The number of likely N-dealkylation sites (tertiary alicyclic amines) is 1. The predicted octanol–water partition coefficient (Wildman–Crippen LogP) is 4.55. The van der Waals surface area contributed by atoms with Crippen LogP contribution in [0.15, 0.2) is 35.2 Å². The van der Waals surface area contributed by atoms with Gasteiger partial charge in [0.15, 0.2) is 0 Å². The van der Waals surface area contributed by atoms with Gasteiger partial charge in [-0.05, 0) is 65.3 Å². The van der Waals surface area contributed by atoms with Crippen LogP contribution in [0.5, 0.6) is 0 Å². The van der Waals surface area contributed by atoms with Gasteiger partial charge in [0, 0.05) is 23.2 Å². The summed E-state index contributed by atoms with van der Waals surface area (Å²) < 4.78 is 5.44. The topological polar surface area (TPSA) is 41.6 Å². The van der Waals surface area contributed by atoms with Crippen molar-refractivity contribution in [1.82, 2.24) is 10.2 Å². The second kappa shape index (κ2) is 10.1. The van der Waals surface area contributed by atoms with Crippen LogP contribution in [0.4, 0.5) is 4.79 Å². The van der Waals surface area contributed by atoms with Crippen molar-refractivity contribution in [3.05, 3.63) is 30.3 Å². The molecule has 1 fully saturated rings. The molecule has 1 aromatic carbocycles. The van der Waals surface area contributed by atoms with E-state index in [2.05, 4.69) is 22.3 Å². The van der Waals surface area contributed by atoms with Crippen molar-refractivity contribution in [2.24, 2.45) is 0 Å². The quantitative estimate of drug-likeness (QED) is 0.721. The molecule has 0 radical (unpaired) electrons. The Morgan fingerprint density at radius 1 is 1.20 bits per heavy atom. The number of amides is 1. The van der Waals surface area contributed by atoms with E-state index in [9.17, 15) is 4.79 Å². The third-order valence-electron chi connectivity index (χ3n) is 4.16. The van der Waals surface area contributed by atoms with Gasteiger partial charge in [-0.1, -0.05) is 24.6 Å². The van der Waals surface area contributed by atoms with Crippen LogP contribution in [-0.2, 0) is 4.74 Å². The smallest absolute Gasteiger partial charge is 0.407 e. The van der Waals surface area contributed by atoms with Gasteiger partial charge in [0.2, 0.25) is 0 Å². The highest BCUT2D eigenvalue weighted by Gasteiger charge is 2.20. The van der Waals surface area contributed by atoms with Crippen molar-refractivity contribution in [3.63, 3.8) is 0 Å². The van der Waals surface area contributed by atoms with Gasteiger partial charge in [-0.15, -0.1) is 11.8 Å². The van der Waals surface area contributed by atoms with Crippen LogP contribution < -0.4 is 5.32 Å². The maximum absolute atomic E-state index is 12.2. The van der Waals surface area contributed by atoms with E-state index in [0.717, 1.165) is 18.7 Å². The Morgan fingerprint density at radius 3 is 2.52 bits per heavy atom. The first-order valence-electron chi connectivity index (χ1n) is 9.32. The SMILES string of the molecule is CC(C)(C)OC(=O)N[C@H](CCN1CCCCC1)CSc1ccccc1. The fourth-order valence-corrected chi connectivity index (χ4v) is 3.90. The zero-order valence-corrected chi connectivity index (χ0v) is 16.6. The number of benzene rings is 1. The van der Waals surface area contributed by atoms with Crippen LogP contribution in [0, 0.1) is 0 Å². The first kappa shape index (κ1) is 20.1. The summed E-state index contributed by atoms with van der Waals surface area (Å²) in [6.07, 6.45) is 4.58. The summed E-state index contributed by atoms with van der Waals surface area (Å²) >= 11 is 1.79. The molecule has 0 spiro atoms. The number of nitrogens with one attached hydrogen (secondary N) is 1. The van der Waals surface area contributed by atoms with Gasteiger partial charge in [-0.3, -0.25) is 0 Å². The molecule has 1 amide bonds. The number of hydrogen-bond acceptors (Lipinski definition) is 4. The molecule has 0 bridgehead atoms. The van der Waals surface area contributed by atoms with E-state index in [1.807, 2.05) is 39.0 Å². The minimum atomic E-state index is -0.464. The number of rotatable bonds is 7. The predicted molar refractivity (Wildman–Crippen MR) is 105 cm³/mol. The normalized spacial score (nSPS) is 17.1. The second-order valence-corrected chi connectivity index (χ2v) is 8.75. The molecule has 1 N–H and O–H groups in total. The maximum Gasteiger partial charge on any atom is 0.407 e. The van der Waals surface area contributed by atoms with Gasteiger partial charge in [-0.25, -0.2) is 4.79 Å². The van der Waals surface area contributed by atoms with Crippen LogP contribution in [0.2, 0.25) is 0 Å². The lowest BCUT2D eigenvalue weighted by atomic mass is 10.1. The summed E-state index contributed by atoms with van der Waals surface area (Å²) in [4.78, 5) is 15.9.